The summed E-state index contributed by atoms with van der Waals surface area (Å²) in [6.45, 7) is 1.83. The number of carbonyl (C=O) groups is 1. The van der Waals surface area contributed by atoms with Crippen LogP contribution >= 0.6 is 11.3 Å². The molecule has 2 rings (SSSR count). The first-order valence-corrected chi connectivity index (χ1v) is 6.05. The number of aromatic nitrogens is 1. The molecule has 0 aliphatic rings. The first kappa shape index (κ1) is 11.8. The number of hydrogen-bond donors (Lipinski definition) is 3. The van der Waals surface area contributed by atoms with Crippen LogP contribution in [0, 0.1) is 0 Å². The number of carbonyl (C=O) groups excluding carboxylic acids is 1. The van der Waals surface area contributed by atoms with E-state index in [-0.39, 0.29) is 12.6 Å². The largest absolute Gasteiger partial charge is 0.392 e. The van der Waals surface area contributed by atoms with E-state index in [0.717, 1.165) is 10.2 Å². The van der Waals surface area contributed by atoms with Gasteiger partial charge in [0.05, 0.1) is 16.3 Å². The lowest BCUT2D eigenvalue weighted by Gasteiger charge is -2.06. The van der Waals surface area contributed by atoms with Gasteiger partial charge >= 0.3 is 6.03 Å². The summed E-state index contributed by atoms with van der Waals surface area (Å²) < 4.78 is 1.03. The lowest BCUT2D eigenvalue weighted by atomic mass is 10.3. The van der Waals surface area contributed by atoms with Crippen LogP contribution in [0.1, 0.15) is 6.92 Å². The van der Waals surface area contributed by atoms with Crippen LogP contribution < -0.4 is 10.6 Å². The molecule has 1 aromatic heterocycles. The van der Waals surface area contributed by atoms with Crippen molar-refractivity contribution in [2.24, 2.45) is 0 Å². The Morgan fingerprint density at radius 2 is 2.29 bits per heavy atom. The number of para-hydroxylation sites is 1. The molecule has 1 atom stereocenters. The molecular formula is C11H13N3O2S. The monoisotopic (exact) mass is 251 g/mol. The van der Waals surface area contributed by atoms with E-state index in [4.69, 9.17) is 5.11 Å². The molecule has 0 bridgehead atoms. The standard InChI is InChI=1S/C11H13N3O2S/c1-7(15)6-12-10(16)14-11-13-8-4-2-3-5-9(8)17-11/h2-5,7,15H,6H2,1H3,(H2,12,13,14,16). The van der Waals surface area contributed by atoms with Gasteiger partial charge in [0.1, 0.15) is 0 Å². The maximum Gasteiger partial charge on any atom is 0.321 e. The second-order valence-electron chi connectivity index (χ2n) is 3.67. The molecular weight excluding hydrogens is 238 g/mol. The summed E-state index contributed by atoms with van der Waals surface area (Å²) in [7, 11) is 0. The van der Waals surface area contributed by atoms with Gasteiger partial charge in [0.25, 0.3) is 0 Å². The van der Waals surface area contributed by atoms with Gasteiger partial charge in [-0.05, 0) is 19.1 Å². The van der Waals surface area contributed by atoms with E-state index in [1.54, 1.807) is 6.92 Å². The fourth-order valence-corrected chi connectivity index (χ4v) is 2.17. The second kappa shape index (κ2) is 5.11. The van der Waals surface area contributed by atoms with Crippen LogP contribution in [0.25, 0.3) is 10.2 Å². The van der Waals surface area contributed by atoms with Crippen molar-refractivity contribution < 1.29 is 9.90 Å². The molecule has 0 spiro atoms. The van der Waals surface area contributed by atoms with Crippen LogP contribution in [0.2, 0.25) is 0 Å². The maximum absolute atomic E-state index is 11.4. The number of benzene rings is 1. The van der Waals surface area contributed by atoms with Crippen molar-refractivity contribution >= 4 is 32.7 Å². The molecule has 0 aliphatic heterocycles. The summed E-state index contributed by atoms with van der Waals surface area (Å²) in [6.07, 6.45) is -0.559. The van der Waals surface area contributed by atoms with Gasteiger partial charge < -0.3 is 10.4 Å². The molecule has 1 aromatic carbocycles. The van der Waals surface area contributed by atoms with Gasteiger partial charge in [-0.15, -0.1) is 0 Å². The predicted molar refractivity (Wildman–Crippen MR) is 68.3 cm³/mol. The minimum absolute atomic E-state index is 0.219. The van der Waals surface area contributed by atoms with Gasteiger partial charge in [-0.2, -0.15) is 0 Å². The van der Waals surface area contributed by atoms with Gasteiger partial charge in [0, 0.05) is 6.54 Å². The Labute approximate surface area is 102 Å². The van der Waals surface area contributed by atoms with Crippen molar-refractivity contribution in [1.29, 1.82) is 0 Å². The smallest absolute Gasteiger partial charge is 0.321 e. The number of nitrogens with zero attached hydrogens (tertiary/aromatic N) is 1. The average Bonchev–Trinajstić information content (AvgIpc) is 2.68. The predicted octanol–water partition coefficient (Wildman–Crippen LogP) is 1.80. The molecule has 90 valence electrons. The SMILES string of the molecule is CC(O)CNC(=O)Nc1nc2ccccc2s1. The Balaban J connectivity index is 2.01. The van der Waals surface area contributed by atoms with E-state index < -0.39 is 6.10 Å². The summed E-state index contributed by atoms with van der Waals surface area (Å²) in [4.78, 5) is 15.7. The fourth-order valence-electron chi connectivity index (χ4n) is 1.31. The summed E-state index contributed by atoms with van der Waals surface area (Å²) in [5.74, 6) is 0. The van der Waals surface area contributed by atoms with Crippen molar-refractivity contribution in [3.05, 3.63) is 24.3 Å². The number of rotatable bonds is 3. The zero-order valence-corrected chi connectivity index (χ0v) is 10.1. The summed E-state index contributed by atoms with van der Waals surface area (Å²) in [5.41, 5.74) is 0.864. The van der Waals surface area contributed by atoms with Gasteiger partial charge in [0.2, 0.25) is 0 Å². The van der Waals surface area contributed by atoms with Crippen molar-refractivity contribution in [3.63, 3.8) is 0 Å². The minimum atomic E-state index is -0.559. The summed E-state index contributed by atoms with van der Waals surface area (Å²) in [5, 5.41) is 14.8. The quantitative estimate of drug-likeness (QED) is 0.778. The molecule has 2 aromatic rings. The highest BCUT2D eigenvalue weighted by Crippen LogP contribution is 2.24. The molecule has 0 aliphatic carbocycles. The zero-order valence-electron chi connectivity index (χ0n) is 9.30. The normalized spacial score (nSPS) is 12.4. The van der Waals surface area contributed by atoms with E-state index in [9.17, 15) is 4.79 Å². The minimum Gasteiger partial charge on any atom is -0.392 e. The number of fused-ring (bicyclic) bond motifs is 1. The third-order valence-corrected chi connectivity index (χ3v) is 3.02. The Bertz CT molecular complexity index is 491. The van der Waals surface area contributed by atoms with E-state index >= 15 is 0 Å². The fraction of sp³-hybridized carbons (Fsp3) is 0.273. The Morgan fingerprint density at radius 3 is 3.00 bits per heavy atom. The summed E-state index contributed by atoms with van der Waals surface area (Å²) >= 11 is 1.41. The molecule has 6 heteroatoms. The number of amides is 2. The lowest BCUT2D eigenvalue weighted by molar-refractivity contribution is 0.190. The van der Waals surface area contributed by atoms with Gasteiger partial charge in [0.15, 0.2) is 5.13 Å². The number of thiazole rings is 1. The maximum atomic E-state index is 11.4. The molecule has 1 unspecified atom stereocenters. The number of anilines is 1. The lowest BCUT2D eigenvalue weighted by Crippen LogP contribution is -2.34. The highest BCUT2D eigenvalue weighted by atomic mass is 32.1. The highest BCUT2D eigenvalue weighted by Gasteiger charge is 2.07. The van der Waals surface area contributed by atoms with Crippen LogP contribution in [-0.4, -0.2) is 28.8 Å². The number of hydrogen-bond acceptors (Lipinski definition) is 4. The van der Waals surface area contributed by atoms with Gasteiger partial charge in [-0.25, -0.2) is 9.78 Å². The molecule has 5 nitrogen and oxygen atoms in total. The van der Waals surface area contributed by atoms with E-state index in [1.165, 1.54) is 11.3 Å². The molecule has 0 saturated heterocycles. The van der Waals surface area contributed by atoms with E-state index in [2.05, 4.69) is 15.6 Å². The Hall–Kier alpha value is -1.66. The van der Waals surface area contributed by atoms with Crippen LogP contribution in [0.3, 0.4) is 0 Å². The molecule has 17 heavy (non-hydrogen) atoms. The number of aliphatic hydroxyl groups is 1. The molecule has 0 fully saturated rings. The van der Waals surface area contributed by atoms with E-state index in [1.807, 2.05) is 24.3 Å². The Morgan fingerprint density at radius 1 is 1.53 bits per heavy atom. The third kappa shape index (κ3) is 3.15. The molecule has 0 saturated carbocycles. The average molecular weight is 251 g/mol. The van der Waals surface area contributed by atoms with Crippen LogP contribution in [0.5, 0.6) is 0 Å². The Kier molecular flexibility index (Phi) is 3.55. The molecule has 1 heterocycles. The molecule has 3 N–H and O–H groups in total. The second-order valence-corrected chi connectivity index (χ2v) is 4.70. The first-order chi connectivity index (χ1) is 8.15. The number of aliphatic hydroxyl groups excluding tert-OH is 1. The zero-order chi connectivity index (χ0) is 12.3. The van der Waals surface area contributed by atoms with Crippen molar-refractivity contribution in [3.8, 4) is 0 Å². The van der Waals surface area contributed by atoms with Crippen LogP contribution in [0.15, 0.2) is 24.3 Å². The topological polar surface area (TPSA) is 74.2 Å². The molecule has 0 radical (unpaired) electrons. The van der Waals surface area contributed by atoms with Crippen molar-refractivity contribution in [1.82, 2.24) is 10.3 Å². The van der Waals surface area contributed by atoms with Gasteiger partial charge in [-0.3, -0.25) is 5.32 Å². The van der Waals surface area contributed by atoms with Gasteiger partial charge in [-0.1, -0.05) is 23.5 Å². The van der Waals surface area contributed by atoms with E-state index in [0.29, 0.717) is 5.13 Å². The van der Waals surface area contributed by atoms with Crippen molar-refractivity contribution in [2.45, 2.75) is 13.0 Å². The number of nitrogens with one attached hydrogen (secondary N) is 2. The first-order valence-electron chi connectivity index (χ1n) is 5.23. The number of urea groups is 1. The third-order valence-electron chi connectivity index (χ3n) is 2.07. The summed E-state index contributed by atoms with van der Waals surface area (Å²) in [6, 6.07) is 7.32. The molecule has 2 amide bonds. The van der Waals surface area contributed by atoms with Crippen LogP contribution in [0.4, 0.5) is 9.93 Å². The van der Waals surface area contributed by atoms with Crippen LogP contribution in [-0.2, 0) is 0 Å². The highest BCUT2D eigenvalue weighted by molar-refractivity contribution is 7.22. The van der Waals surface area contributed by atoms with Crippen molar-refractivity contribution in [2.75, 3.05) is 11.9 Å².